The van der Waals surface area contributed by atoms with Gasteiger partial charge in [0.2, 0.25) is 0 Å². The fourth-order valence-electron chi connectivity index (χ4n) is 1.59. The third-order valence-electron chi connectivity index (χ3n) is 2.49. The molecule has 2 rings (SSSR count). The highest BCUT2D eigenvalue weighted by molar-refractivity contribution is 5.94. The number of nitro benzene ring substituents is 1. The lowest BCUT2D eigenvalue weighted by Gasteiger charge is -2.07. The van der Waals surface area contributed by atoms with E-state index >= 15 is 0 Å². The molecule has 2 aromatic rings. The smallest absolute Gasteiger partial charge is 0.292 e. The summed E-state index contributed by atoms with van der Waals surface area (Å²) >= 11 is 0. The SMILES string of the molecule is O=C(COc1ccccc1)Nc1ccccc1[N+](=O)[O-]. The molecule has 1 amide bonds. The van der Waals surface area contributed by atoms with Crippen LogP contribution in [0.4, 0.5) is 11.4 Å². The normalized spacial score (nSPS) is 9.80. The number of amides is 1. The van der Waals surface area contributed by atoms with Gasteiger partial charge in [0, 0.05) is 6.07 Å². The molecule has 0 aromatic heterocycles. The molecule has 0 saturated carbocycles. The Hall–Kier alpha value is -2.89. The molecule has 0 heterocycles. The fourth-order valence-corrected chi connectivity index (χ4v) is 1.59. The summed E-state index contributed by atoms with van der Waals surface area (Å²) < 4.78 is 5.26. The van der Waals surface area contributed by atoms with Gasteiger partial charge in [-0.2, -0.15) is 0 Å². The summed E-state index contributed by atoms with van der Waals surface area (Å²) in [5.41, 5.74) is -0.000257. The van der Waals surface area contributed by atoms with Gasteiger partial charge in [0.25, 0.3) is 11.6 Å². The summed E-state index contributed by atoms with van der Waals surface area (Å²) in [7, 11) is 0. The van der Waals surface area contributed by atoms with Gasteiger partial charge in [0.15, 0.2) is 6.61 Å². The summed E-state index contributed by atoms with van der Waals surface area (Å²) in [6.45, 7) is -0.212. The largest absolute Gasteiger partial charge is 0.484 e. The quantitative estimate of drug-likeness (QED) is 0.670. The second-order valence-corrected chi connectivity index (χ2v) is 3.92. The number of carbonyl (C=O) groups is 1. The highest BCUT2D eigenvalue weighted by Crippen LogP contribution is 2.22. The summed E-state index contributed by atoms with van der Waals surface area (Å²) in [5.74, 6) is 0.105. The molecule has 6 nitrogen and oxygen atoms in total. The van der Waals surface area contributed by atoms with Crippen molar-refractivity contribution in [2.45, 2.75) is 0 Å². The van der Waals surface area contributed by atoms with E-state index in [9.17, 15) is 14.9 Å². The van der Waals surface area contributed by atoms with Crippen molar-refractivity contribution in [1.29, 1.82) is 0 Å². The van der Waals surface area contributed by atoms with Crippen LogP contribution in [0.2, 0.25) is 0 Å². The average Bonchev–Trinajstić information content (AvgIpc) is 2.46. The van der Waals surface area contributed by atoms with E-state index in [0.717, 1.165) is 0 Å². The van der Waals surface area contributed by atoms with E-state index in [1.165, 1.54) is 18.2 Å². The number of hydrogen-bond acceptors (Lipinski definition) is 4. The van der Waals surface area contributed by atoms with Gasteiger partial charge >= 0.3 is 0 Å². The number of benzene rings is 2. The van der Waals surface area contributed by atoms with Crippen molar-refractivity contribution in [3.63, 3.8) is 0 Å². The molecule has 0 aliphatic carbocycles. The van der Waals surface area contributed by atoms with Crippen LogP contribution in [-0.4, -0.2) is 17.4 Å². The van der Waals surface area contributed by atoms with Gasteiger partial charge in [0.1, 0.15) is 11.4 Å². The van der Waals surface area contributed by atoms with Crippen molar-refractivity contribution in [3.8, 4) is 5.75 Å². The summed E-state index contributed by atoms with van der Waals surface area (Å²) in [6, 6.07) is 14.8. The molecular formula is C14H12N2O4. The summed E-state index contributed by atoms with van der Waals surface area (Å²) in [6.07, 6.45) is 0. The third-order valence-corrected chi connectivity index (χ3v) is 2.49. The van der Waals surface area contributed by atoms with Crippen molar-refractivity contribution >= 4 is 17.3 Å². The van der Waals surface area contributed by atoms with Crippen molar-refractivity contribution < 1.29 is 14.5 Å². The van der Waals surface area contributed by atoms with Gasteiger partial charge in [-0.25, -0.2) is 0 Å². The van der Waals surface area contributed by atoms with Gasteiger partial charge in [0.05, 0.1) is 4.92 Å². The number of ether oxygens (including phenoxy) is 1. The number of rotatable bonds is 5. The maximum absolute atomic E-state index is 11.7. The molecule has 6 heteroatoms. The van der Waals surface area contributed by atoms with Crippen LogP contribution < -0.4 is 10.1 Å². The van der Waals surface area contributed by atoms with Crippen molar-refractivity contribution in [3.05, 3.63) is 64.7 Å². The molecule has 0 aliphatic heterocycles. The number of hydrogen-bond donors (Lipinski definition) is 1. The number of nitro groups is 1. The van der Waals surface area contributed by atoms with Crippen molar-refractivity contribution in [2.24, 2.45) is 0 Å². The lowest BCUT2D eigenvalue weighted by Crippen LogP contribution is -2.20. The molecule has 0 bridgehead atoms. The Morgan fingerprint density at radius 3 is 2.45 bits per heavy atom. The van der Waals surface area contributed by atoms with Gasteiger partial charge in [-0.15, -0.1) is 0 Å². The summed E-state index contributed by atoms with van der Waals surface area (Å²) in [4.78, 5) is 22.0. The molecule has 0 saturated heterocycles. The Morgan fingerprint density at radius 2 is 1.75 bits per heavy atom. The zero-order valence-corrected chi connectivity index (χ0v) is 10.5. The first kappa shape index (κ1) is 13.5. The van der Waals surface area contributed by atoms with Crippen LogP contribution in [0, 0.1) is 10.1 Å². The molecule has 20 heavy (non-hydrogen) atoms. The Balaban J connectivity index is 1.97. The Kier molecular flexibility index (Phi) is 4.28. The third kappa shape index (κ3) is 3.55. The molecule has 0 spiro atoms. The van der Waals surface area contributed by atoms with Gasteiger partial charge in [-0.3, -0.25) is 14.9 Å². The number of nitrogens with one attached hydrogen (secondary N) is 1. The second-order valence-electron chi connectivity index (χ2n) is 3.92. The van der Waals surface area contributed by atoms with Crippen LogP contribution in [0.5, 0.6) is 5.75 Å². The van der Waals surface area contributed by atoms with Crippen molar-refractivity contribution in [1.82, 2.24) is 0 Å². The molecule has 102 valence electrons. The van der Waals surface area contributed by atoms with E-state index in [4.69, 9.17) is 4.74 Å². The first-order chi connectivity index (χ1) is 9.66. The predicted molar refractivity (Wildman–Crippen MR) is 73.7 cm³/mol. The van der Waals surface area contributed by atoms with Gasteiger partial charge < -0.3 is 10.1 Å². The first-order valence-electron chi connectivity index (χ1n) is 5.88. The standard InChI is InChI=1S/C14H12N2O4/c17-14(10-20-11-6-2-1-3-7-11)15-12-8-4-5-9-13(12)16(18)19/h1-9H,10H2,(H,15,17). The molecular weight excluding hydrogens is 260 g/mol. The topological polar surface area (TPSA) is 81.5 Å². The predicted octanol–water partition coefficient (Wildman–Crippen LogP) is 2.61. The second kappa shape index (κ2) is 6.33. The van der Waals surface area contributed by atoms with Gasteiger partial charge in [-0.1, -0.05) is 30.3 Å². The number of nitrogens with zero attached hydrogens (tertiary/aromatic N) is 1. The van der Waals surface area contributed by atoms with E-state index in [0.29, 0.717) is 5.75 Å². The van der Waals surface area contributed by atoms with Crippen LogP contribution in [-0.2, 0) is 4.79 Å². The Bertz CT molecular complexity index is 614. The number of para-hydroxylation sites is 3. The summed E-state index contributed by atoms with van der Waals surface area (Å²) in [5, 5.41) is 13.3. The number of anilines is 1. The van der Waals surface area contributed by atoms with Crippen LogP contribution in [0.15, 0.2) is 54.6 Å². The lowest BCUT2D eigenvalue weighted by atomic mass is 10.2. The van der Waals surface area contributed by atoms with Gasteiger partial charge in [-0.05, 0) is 18.2 Å². The maximum Gasteiger partial charge on any atom is 0.292 e. The van der Waals surface area contributed by atoms with E-state index in [1.807, 2.05) is 6.07 Å². The van der Waals surface area contributed by atoms with E-state index in [-0.39, 0.29) is 18.0 Å². The Morgan fingerprint density at radius 1 is 1.10 bits per heavy atom. The molecule has 0 unspecified atom stereocenters. The molecule has 0 radical (unpaired) electrons. The zero-order valence-electron chi connectivity index (χ0n) is 10.5. The lowest BCUT2D eigenvalue weighted by molar-refractivity contribution is -0.383. The highest BCUT2D eigenvalue weighted by Gasteiger charge is 2.14. The van der Waals surface area contributed by atoms with Crippen molar-refractivity contribution in [2.75, 3.05) is 11.9 Å². The molecule has 0 atom stereocenters. The van der Waals surface area contributed by atoms with Crippen LogP contribution in [0.3, 0.4) is 0 Å². The molecule has 1 N–H and O–H groups in total. The van der Waals surface area contributed by atoms with E-state index in [1.54, 1.807) is 30.3 Å². The fraction of sp³-hybridized carbons (Fsp3) is 0.0714. The molecule has 0 aliphatic rings. The zero-order chi connectivity index (χ0) is 14.4. The first-order valence-corrected chi connectivity index (χ1v) is 5.88. The molecule has 2 aromatic carbocycles. The van der Waals surface area contributed by atoms with Crippen LogP contribution in [0.1, 0.15) is 0 Å². The van der Waals surface area contributed by atoms with Crippen LogP contribution >= 0.6 is 0 Å². The minimum atomic E-state index is -0.548. The monoisotopic (exact) mass is 272 g/mol. The number of carbonyl (C=O) groups excluding carboxylic acids is 1. The highest BCUT2D eigenvalue weighted by atomic mass is 16.6. The minimum Gasteiger partial charge on any atom is -0.484 e. The van der Waals surface area contributed by atoms with Crippen LogP contribution in [0.25, 0.3) is 0 Å². The van der Waals surface area contributed by atoms with E-state index < -0.39 is 10.8 Å². The Labute approximate surface area is 115 Å². The van der Waals surface area contributed by atoms with E-state index in [2.05, 4.69) is 5.32 Å². The average molecular weight is 272 g/mol. The maximum atomic E-state index is 11.7. The molecule has 0 fully saturated rings. The minimum absolute atomic E-state index is 0.152.